The van der Waals surface area contributed by atoms with Gasteiger partial charge in [-0.25, -0.2) is 4.98 Å². The zero-order valence-corrected chi connectivity index (χ0v) is 12.9. The molecule has 0 aromatic carbocycles. The molecule has 2 rings (SSSR count). The number of thiazole rings is 1. The largest absolute Gasteiger partial charge is 0.469 e. The summed E-state index contributed by atoms with van der Waals surface area (Å²) in [6, 6.07) is 0. The van der Waals surface area contributed by atoms with Crippen LogP contribution in [0.15, 0.2) is 5.38 Å². The topological polar surface area (TPSA) is 51.7 Å². The lowest BCUT2D eigenvalue weighted by atomic mass is 10.2. The van der Waals surface area contributed by atoms with E-state index in [1.165, 1.54) is 7.11 Å². The molecule has 1 atom stereocenters. The maximum absolute atomic E-state index is 11.1. The first kappa shape index (κ1) is 15.3. The van der Waals surface area contributed by atoms with Crippen molar-refractivity contribution in [1.82, 2.24) is 4.98 Å². The van der Waals surface area contributed by atoms with E-state index in [1.54, 1.807) is 11.3 Å². The zero-order valence-electron chi connectivity index (χ0n) is 12.1. The van der Waals surface area contributed by atoms with Crippen LogP contribution in [0.5, 0.6) is 0 Å². The third-order valence-corrected chi connectivity index (χ3v) is 4.40. The van der Waals surface area contributed by atoms with Gasteiger partial charge in [0.25, 0.3) is 0 Å². The van der Waals surface area contributed by atoms with Gasteiger partial charge in [-0.2, -0.15) is 0 Å². The van der Waals surface area contributed by atoms with Crippen LogP contribution in [-0.4, -0.2) is 43.9 Å². The minimum Gasteiger partial charge on any atom is -0.469 e. The van der Waals surface area contributed by atoms with Gasteiger partial charge in [0.1, 0.15) is 0 Å². The van der Waals surface area contributed by atoms with E-state index in [4.69, 9.17) is 4.74 Å². The van der Waals surface area contributed by atoms with Crippen LogP contribution in [0.4, 0.5) is 5.13 Å². The Morgan fingerprint density at radius 3 is 3.15 bits per heavy atom. The van der Waals surface area contributed by atoms with Gasteiger partial charge in [-0.05, 0) is 19.8 Å². The molecule has 2 heterocycles. The Morgan fingerprint density at radius 1 is 1.65 bits per heavy atom. The standard InChI is InChI=1S/C14H22N2O3S/c1-3-16(9-12-5-4-8-19-12)14-15-11(10-20-14)6-7-13(17)18-2/h10,12H,3-9H2,1-2H3. The Hall–Kier alpha value is -1.14. The molecule has 0 saturated carbocycles. The van der Waals surface area contributed by atoms with E-state index in [0.29, 0.717) is 18.9 Å². The average Bonchev–Trinajstić information content (AvgIpc) is 3.13. The van der Waals surface area contributed by atoms with Crippen molar-refractivity contribution < 1.29 is 14.3 Å². The minimum absolute atomic E-state index is 0.189. The molecule has 0 bridgehead atoms. The van der Waals surface area contributed by atoms with Gasteiger partial charge in [0.05, 0.1) is 25.3 Å². The number of nitrogens with zero attached hydrogens (tertiary/aromatic N) is 2. The van der Waals surface area contributed by atoms with Crippen LogP contribution in [0.2, 0.25) is 0 Å². The molecular weight excluding hydrogens is 276 g/mol. The van der Waals surface area contributed by atoms with Crippen LogP contribution in [0.25, 0.3) is 0 Å². The minimum atomic E-state index is -0.189. The Bertz CT molecular complexity index is 430. The summed E-state index contributed by atoms with van der Waals surface area (Å²) in [7, 11) is 1.41. The van der Waals surface area contributed by atoms with Crippen LogP contribution in [-0.2, 0) is 20.7 Å². The summed E-state index contributed by atoms with van der Waals surface area (Å²) >= 11 is 1.63. The van der Waals surface area contributed by atoms with Crippen LogP contribution < -0.4 is 4.90 Å². The molecule has 1 aliphatic heterocycles. The normalized spacial score (nSPS) is 18.2. The predicted molar refractivity (Wildman–Crippen MR) is 79.3 cm³/mol. The molecule has 0 radical (unpaired) electrons. The zero-order chi connectivity index (χ0) is 14.4. The van der Waals surface area contributed by atoms with Crippen LogP contribution in [0, 0.1) is 0 Å². The Balaban J connectivity index is 1.89. The second-order valence-electron chi connectivity index (χ2n) is 4.87. The molecule has 1 aromatic rings. The van der Waals surface area contributed by atoms with Crippen LogP contribution in [0.3, 0.4) is 0 Å². The van der Waals surface area contributed by atoms with Gasteiger partial charge in [0.15, 0.2) is 5.13 Å². The fourth-order valence-corrected chi connectivity index (χ4v) is 3.20. The van der Waals surface area contributed by atoms with Crippen LogP contribution >= 0.6 is 11.3 Å². The first-order valence-corrected chi connectivity index (χ1v) is 7.98. The monoisotopic (exact) mass is 298 g/mol. The number of rotatable bonds is 7. The molecule has 112 valence electrons. The highest BCUT2D eigenvalue weighted by Gasteiger charge is 2.20. The predicted octanol–water partition coefficient (Wildman–Crippen LogP) is 2.25. The number of anilines is 1. The van der Waals surface area contributed by atoms with Gasteiger partial charge in [0, 0.05) is 31.5 Å². The summed E-state index contributed by atoms with van der Waals surface area (Å²) in [6.07, 6.45) is 3.65. The van der Waals surface area contributed by atoms with Gasteiger partial charge in [-0.1, -0.05) is 0 Å². The summed E-state index contributed by atoms with van der Waals surface area (Å²) in [5.41, 5.74) is 0.959. The summed E-state index contributed by atoms with van der Waals surface area (Å²) in [6.45, 7) is 4.83. The molecule has 5 nitrogen and oxygen atoms in total. The quantitative estimate of drug-likeness (QED) is 0.723. The van der Waals surface area contributed by atoms with Crippen molar-refractivity contribution in [3.63, 3.8) is 0 Å². The highest BCUT2D eigenvalue weighted by atomic mass is 32.1. The summed E-state index contributed by atoms with van der Waals surface area (Å²) in [5, 5.41) is 3.04. The summed E-state index contributed by atoms with van der Waals surface area (Å²) in [5.74, 6) is -0.189. The molecule has 6 heteroatoms. The number of aryl methyl sites for hydroxylation is 1. The van der Waals surface area contributed by atoms with E-state index in [2.05, 4.69) is 21.5 Å². The molecular formula is C14H22N2O3S. The number of hydrogen-bond donors (Lipinski definition) is 0. The molecule has 1 saturated heterocycles. The van der Waals surface area contributed by atoms with E-state index in [9.17, 15) is 4.79 Å². The number of carbonyl (C=O) groups is 1. The number of ether oxygens (including phenoxy) is 2. The van der Waals surface area contributed by atoms with Gasteiger partial charge in [-0.3, -0.25) is 4.79 Å². The van der Waals surface area contributed by atoms with Gasteiger partial charge in [0.2, 0.25) is 0 Å². The van der Waals surface area contributed by atoms with Crippen molar-refractivity contribution in [1.29, 1.82) is 0 Å². The van der Waals surface area contributed by atoms with Crippen molar-refractivity contribution in [2.24, 2.45) is 0 Å². The van der Waals surface area contributed by atoms with E-state index in [-0.39, 0.29) is 5.97 Å². The highest BCUT2D eigenvalue weighted by molar-refractivity contribution is 7.13. The first-order valence-electron chi connectivity index (χ1n) is 7.10. The van der Waals surface area contributed by atoms with Crippen molar-refractivity contribution in [2.75, 3.05) is 31.7 Å². The van der Waals surface area contributed by atoms with Crippen molar-refractivity contribution in [3.8, 4) is 0 Å². The lowest BCUT2D eigenvalue weighted by Crippen LogP contribution is -2.31. The summed E-state index contributed by atoms with van der Waals surface area (Å²) < 4.78 is 10.3. The van der Waals surface area contributed by atoms with Crippen molar-refractivity contribution >= 4 is 22.4 Å². The Kier molecular flexibility index (Phi) is 5.79. The second kappa shape index (κ2) is 7.59. The Labute approximate surface area is 123 Å². The van der Waals surface area contributed by atoms with E-state index in [1.807, 2.05) is 5.38 Å². The van der Waals surface area contributed by atoms with E-state index >= 15 is 0 Å². The highest BCUT2D eigenvalue weighted by Crippen LogP contribution is 2.23. The molecule has 1 aromatic heterocycles. The number of methoxy groups -OCH3 is 1. The maximum atomic E-state index is 11.1. The molecule has 0 amide bonds. The smallest absolute Gasteiger partial charge is 0.305 e. The number of esters is 1. The van der Waals surface area contributed by atoms with Gasteiger partial charge >= 0.3 is 5.97 Å². The first-order chi connectivity index (χ1) is 9.72. The third kappa shape index (κ3) is 4.18. The third-order valence-electron chi connectivity index (χ3n) is 3.45. The fourth-order valence-electron chi connectivity index (χ4n) is 2.27. The lowest BCUT2D eigenvalue weighted by Gasteiger charge is -2.23. The van der Waals surface area contributed by atoms with E-state index in [0.717, 1.165) is 43.4 Å². The van der Waals surface area contributed by atoms with Gasteiger partial charge < -0.3 is 14.4 Å². The van der Waals surface area contributed by atoms with Gasteiger partial charge in [-0.15, -0.1) is 11.3 Å². The Morgan fingerprint density at radius 2 is 2.50 bits per heavy atom. The molecule has 1 aliphatic rings. The SMILES string of the molecule is CCN(CC1CCCO1)c1nc(CCC(=O)OC)cs1. The molecule has 20 heavy (non-hydrogen) atoms. The maximum Gasteiger partial charge on any atom is 0.305 e. The van der Waals surface area contributed by atoms with E-state index < -0.39 is 0 Å². The molecule has 0 N–H and O–H groups in total. The molecule has 1 fully saturated rings. The molecule has 0 aliphatic carbocycles. The molecule has 1 unspecified atom stereocenters. The number of hydrogen-bond acceptors (Lipinski definition) is 6. The lowest BCUT2D eigenvalue weighted by molar-refractivity contribution is -0.140. The fraction of sp³-hybridized carbons (Fsp3) is 0.714. The summed E-state index contributed by atoms with van der Waals surface area (Å²) in [4.78, 5) is 18.0. The number of likely N-dealkylation sites (N-methyl/N-ethyl adjacent to an activating group) is 1. The number of carbonyl (C=O) groups excluding carboxylic acids is 1. The average molecular weight is 298 g/mol. The van der Waals surface area contributed by atoms with Crippen molar-refractivity contribution in [2.45, 2.75) is 38.7 Å². The number of aromatic nitrogens is 1. The van der Waals surface area contributed by atoms with Crippen molar-refractivity contribution in [3.05, 3.63) is 11.1 Å². The second-order valence-corrected chi connectivity index (χ2v) is 5.71. The van der Waals surface area contributed by atoms with Crippen LogP contribution in [0.1, 0.15) is 31.9 Å². The molecule has 0 spiro atoms.